The SMILES string of the molecule is Cc1ccnc2nc(C3(N)CCCCCC3)[nH]c12. The van der Waals surface area contributed by atoms with Crippen LogP contribution in [0.25, 0.3) is 11.2 Å². The van der Waals surface area contributed by atoms with Crippen LogP contribution in [0.15, 0.2) is 12.3 Å². The van der Waals surface area contributed by atoms with Crippen molar-refractivity contribution >= 4 is 11.2 Å². The molecule has 0 saturated heterocycles. The fourth-order valence-corrected chi connectivity index (χ4v) is 2.87. The van der Waals surface area contributed by atoms with Crippen LogP contribution in [0.5, 0.6) is 0 Å². The van der Waals surface area contributed by atoms with Crippen LogP contribution in [0.2, 0.25) is 0 Å². The highest BCUT2D eigenvalue weighted by atomic mass is 15.0. The first-order chi connectivity index (χ1) is 8.69. The van der Waals surface area contributed by atoms with Gasteiger partial charge in [0.05, 0.1) is 11.1 Å². The standard InChI is InChI=1S/C14H20N4/c1-10-6-9-16-12-11(10)17-13(18-12)14(15)7-4-2-3-5-8-14/h6,9H,2-5,7-8,15H2,1H3,(H,16,17,18). The number of fused-ring (bicyclic) bond motifs is 1. The number of aryl methyl sites for hydroxylation is 1. The second-order valence-electron chi connectivity index (χ2n) is 5.48. The summed E-state index contributed by atoms with van der Waals surface area (Å²) in [6.07, 6.45) is 8.81. The van der Waals surface area contributed by atoms with Crippen LogP contribution < -0.4 is 5.73 Å². The zero-order valence-electron chi connectivity index (χ0n) is 10.9. The van der Waals surface area contributed by atoms with Gasteiger partial charge in [0.1, 0.15) is 5.82 Å². The van der Waals surface area contributed by atoms with Crippen molar-refractivity contribution < 1.29 is 0 Å². The molecule has 1 aliphatic rings. The molecule has 0 unspecified atom stereocenters. The summed E-state index contributed by atoms with van der Waals surface area (Å²) < 4.78 is 0. The number of nitrogens with one attached hydrogen (secondary N) is 1. The summed E-state index contributed by atoms with van der Waals surface area (Å²) in [5.74, 6) is 0.918. The van der Waals surface area contributed by atoms with Gasteiger partial charge < -0.3 is 10.7 Å². The molecule has 0 radical (unpaired) electrons. The van der Waals surface area contributed by atoms with E-state index in [0.717, 1.165) is 29.8 Å². The maximum atomic E-state index is 6.57. The molecule has 0 aliphatic heterocycles. The topological polar surface area (TPSA) is 67.6 Å². The van der Waals surface area contributed by atoms with Crippen molar-refractivity contribution in [2.45, 2.75) is 51.0 Å². The zero-order valence-corrected chi connectivity index (χ0v) is 10.9. The molecule has 0 bridgehead atoms. The van der Waals surface area contributed by atoms with Gasteiger partial charge in [-0.05, 0) is 31.4 Å². The number of hydrogen-bond donors (Lipinski definition) is 2. The van der Waals surface area contributed by atoms with Gasteiger partial charge in [0.25, 0.3) is 0 Å². The molecule has 4 nitrogen and oxygen atoms in total. The molecule has 0 atom stereocenters. The minimum absolute atomic E-state index is 0.288. The highest BCUT2D eigenvalue weighted by Crippen LogP contribution is 2.33. The van der Waals surface area contributed by atoms with E-state index >= 15 is 0 Å². The largest absolute Gasteiger partial charge is 0.339 e. The summed E-state index contributed by atoms with van der Waals surface area (Å²) in [6.45, 7) is 2.07. The lowest BCUT2D eigenvalue weighted by Crippen LogP contribution is -2.37. The van der Waals surface area contributed by atoms with E-state index in [1.54, 1.807) is 6.20 Å². The molecule has 1 aliphatic carbocycles. The Bertz CT molecular complexity index is 550. The maximum Gasteiger partial charge on any atom is 0.178 e. The van der Waals surface area contributed by atoms with E-state index in [1.165, 1.54) is 31.2 Å². The average Bonchev–Trinajstić information content (AvgIpc) is 2.69. The van der Waals surface area contributed by atoms with Gasteiger partial charge in [-0.15, -0.1) is 0 Å². The highest BCUT2D eigenvalue weighted by Gasteiger charge is 2.31. The smallest absolute Gasteiger partial charge is 0.178 e. The van der Waals surface area contributed by atoms with Gasteiger partial charge in [0.15, 0.2) is 5.65 Å². The van der Waals surface area contributed by atoms with Crippen LogP contribution in [-0.2, 0) is 5.54 Å². The van der Waals surface area contributed by atoms with E-state index in [0.29, 0.717) is 0 Å². The number of H-pyrrole nitrogens is 1. The van der Waals surface area contributed by atoms with Gasteiger partial charge in [0, 0.05) is 6.20 Å². The molecule has 96 valence electrons. The second-order valence-corrected chi connectivity index (χ2v) is 5.48. The van der Waals surface area contributed by atoms with Crippen molar-refractivity contribution in [3.8, 4) is 0 Å². The number of aromatic nitrogens is 3. The van der Waals surface area contributed by atoms with E-state index in [9.17, 15) is 0 Å². The van der Waals surface area contributed by atoms with Crippen LogP contribution in [0, 0.1) is 6.92 Å². The predicted molar refractivity (Wildman–Crippen MR) is 72.2 cm³/mol. The van der Waals surface area contributed by atoms with E-state index in [2.05, 4.69) is 21.9 Å². The maximum absolute atomic E-state index is 6.57. The van der Waals surface area contributed by atoms with E-state index < -0.39 is 0 Å². The van der Waals surface area contributed by atoms with Crippen molar-refractivity contribution in [1.82, 2.24) is 15.0 Å². The fraction of sp³-hybridized carbons (Fsp3) is 0.571. The van der Waals surface area contributed by atoms with Crippen LogP contribution in [0.3, 0.4) is 0 Å². The number of hydrogen-bond acceptors (Lipinski definition) is 3. The lowest BCUT2D eigenvalue weighted by atomic mass is 9.91. The summed E-state index contributed by atoms with van der Waals surface area (Å²) in [7, 11) is 0. The van der Waals surface area contributed by atoms with Crippen molar-refractivity contribution in [3.05, 3.63) is 23.7 Å². The minimum Gasteiger partial charge on any atom is -0.339 e. The van der Waals surface area contributed by atoms with Crippen molar-refractivity contribution in [3.63, 3.8) is 0 Å². The number of pyridine rings is 1. The minimum atomic E-state index is -0.288. The predicted octanol–water partition coefficient (Wildman–Crippen LogP) is 2.77. The van der Waals surface area contributed by atoms with Crippen LogP contribution >= 0.6 is 0 Å². The molecule has 0 spiro atoms. The third-order valence-corrected chi connectivity index (χ3v) is 4.07. The Hall–Kier alpha value is -1.42. The summed E-state index contributed by atoms with van der Waals surface area (Å²) in [4.78, 5) is 12.3. The van der Waals surface area contributed by atoms with Gasteiger partial charge in [0.2, 0.25) is 0 Å². The van der Waals surface area contributed by atoms with Gasteiger partial charge in [-0.2, -0.15) is 0 Å². The van der Waals surface area contributed by atoms with Crippen molar-refractivity contribution in [1.29, 1.82) is 0 Å². The fourth-order valence-electron chi connectivity index (χ4n) is 2.87. The molecular weight excluding hydrogens is 224 g/mol. The van der Waals surface area contributed by atoms with E-state index in [-0.39, 0.29) is 5.54 Å². The molecule has 4 heteroatoms. The molecule has 2 heterocycles. The van der Waals surface area contributed by atoms with Crippen molar-refractivity contribution in [2.24, 2.45) is 5.73 Å². The first kappa shape index (κ1) is 11.7. The lowest BCUT2D eigenvalue weighted by molar-refractivity contribution is 0.366. The average molecular weight is 244 g/mol. The summed E-state index contributed by atoms with van der Waals surface area (Å²) in [6, 6.07) is 2.00. The third kappa shape index (κ3) is 1.90. The summed E-state index contributed by atoms with van der Waals surface area (Å²) in [5, 5.41) is 0. The lowest BCUT2D eigenvalue weighted by Gasteiger charge is -2.25. The Morgan fingerprint density at radius 1 is 1.22 bits per heavy atom. The molecule has 1 fully saturated rings. The quantitative estimate of drug-likeness (QED) is 0.758. The molecule has 2 aromatic heterocycles. The van der Waals surface area contributed by atoms with Gasteiger partial charge in [-0.1, -0.05) is 25.7 Å². The molecular formula is C14H20N4. The van der Waals surface area contributed by atoms with Crippen molar-refractivity contribution in [2.75, 3.05) is 0 Å². The molecule has 0 aromatic carbocycles. The molecule has 1 saturated carbocycles. The van der Waals surface area contributed by atoms with Gasteiger partial charge >= 0.3 is 0 Å². The number of nitrogens with two attached hydrogens (primary N) is 1. The Morgan fingerprint density at radius 3 is 2.61 bits per heavy atom. The number of nitrogens with zero attached hydrogens (tertiary/aromatic N) is 2. The van der Waals surface area contributed by atoms with E-state index in [1.807, 2.05) is 6.07 Å². The molecule has 3 N–H and O–H groups in total. The Morgan fingerprint density at radius 2 is 1.94 bits per heavy atom. The molecule has 2 aromatic rings. The van der Waals surface area contributed by atoms with Gasteiger partial charge in [-0.3, -0.25) is 0 Å². The monoisotopic (exact) mass is 244 g/mol. The summed E-state index contributed by atoms with van der Waals surface area (Å²) >= 11 is 0. The van der Waals surface area contributed by atoms with Gasteiger partial charge in [-0.25, -0.2) is 9.97 Å². The Balaban J connectivity index is 2.05. The summed E-state index contributed by atoms with van der Waals surface area (Å²) in [5.41, 5.74) is 9.28. The van der Waals surface area contributed by atoms with Crippen LogP contribution in [-0.4, -0.2) is 15.0 Å². The first-order valence-corrected chi connectivity index (χ1v) is 6.80. The van der Waals surface area contributed by atoms with Crippen LogP contribution in [0.4, 0.5) is 0 Å². The second kappa shape index (κ2) is 4.35. The normalized spacial score (nSPS) is 19.9. The number of rotatable bonds is 1. The highest BCUT2D eigenvalue weighted by molar-refractivity contribution is 5.74. The zero-order chi connectivity index (χ0) is 12.6. The van der Waals surface area contributed by atoms with E-state index in [4.69, 9.17) is 5.73 Å². The third-order valence-electron chi connectivity index (χ3n) is 4.07. The number of aromatic amines is 1. The number of imidazole rings is 1. The molecule has 0 amide bonds. The molecule has 18 heavy (non-hydrogen) atoms. The Labute approximate surface area is 107 Å². The Kier molecular flexibility index (Phi) is 2.82. The van der Waals surface area contributed by atoms with Crippen LogP contribution in [0.1, 0.15) is 49.9 Å². The molecule has 3 rings (SSSR count). The first-order valence-electron chi connectivity index (χ1n) is 6.80.